The van der Waals surface area contributed by atoms with Crippen LogP contribution in [0.5, 0.6) is 0 Å². The number of amides is 2. The minimum absolute atomic E-state index is 0.189. The summed E-state index contributed by atoms with van der Waals surface area (Å²) >= 11 is 0. The lowest BCUT2D eigenvalue weighted by atomic mass is 10.1. The van der Waals surface area contributed by atoms with Crippen LogP contribution in [-0.4, -0.2) is 57.4 Å². The van der Waals surface area contributed by atoms with E-state index in [9.17, 15) is 19.2 Å². The van der Waals surface area contributed by atoms with E-state index in [-0.39, 0.29) is 23.9 Å². The fraction of sp³-hybridized carbons (Fsp3) is 0.179. The second-order valence-electron chi connectivity index (χ2n) is 9.52. The van der Waals surface area contributed by atoms with E-state index in [2.05, 4.69) is 4.98 Å². The first-order valence-electron chi connectivity index (χ1n) is 12.3. The molecule has 2 aromatic carbocycles. The molecule has 0 spiro atoms. The highest BCUT2D eigenvalue weighted by atomic mass is 19.1. The van der Waals surface area contributed by atoms with Gasteiger partial charge < -0.3 is 13.9 Å². The van der Waals surface area contributed by atoms with E-state index < -0.39 is 5.82 Å². The second kappa shape index (κ2) is 9.10. The number of hydrogen-bond acceptors (Lipinski definition) is 6. The summed E-state index contributed by atoms with van der Waals surface area (Å²) in [6.45, 7) is 0.546. The number of pyridine rings is 1. The Balaban J connectivity index is 1.46. The van der Waals surface area contributed by atoms with E-state index in [1.165, 1.54) is 21.8 Å². The van der Waals surface area contributed by atoms with Crippen LogP contribution in [0, 0.1) is 17.1 Å². The lowest BCUT2D eigenvalue weighted by Gasteiger charge is -2.17. The molecule has 9 nitrogen and oxygen atoms in total. The average molecular weight is 517 g/mol. The quantitative estimate of drug-likeness (QED) is 0.251. The fourth-order valence-corrected chi connectivity index (χ4v) is 5.24. The Morgan fingerprint density at radius 1 is 1.08 bits per heavy atom. The van der Waals surface area contributed by atoms with Gasteiger partial charge in [0, 0.05) is 31.1 Å². The molecule has 0 saturated heterocycles. The molecule has 5 aromatic rings. The van der Waals surface area contributed by atoms with Crippen LogP contribution in [0.1, 0.15) is 32.7 Å². The number of benzene rings is 2. The first-order chi connectivity index (χ1) is 18.8. The van der Waals surface area contributed by atoms with Crippen LogP contribution in [0.2, 0.25) is 0 Å². The molecular formula is C28H21BFN7O2. The van der Waals surface area contributed by atoms with Gasteiger partial charge in [0.1, 0.15) is 22.8 Å². The van der Waals surface area contributed by atoms with E-state index in [4.69, 9.17) is 13.0 Å². The monoisotopic (exact) mass is 517 g/mol. The SMILES string of the molecule is [B]N(C)c1nc2c(cc(-c3cc(F)cc(C#N)c3)n2CCCN2C(=O)c3ccccc3C2=O)c2c1ncn2C. The number of imidazole rings is 1. The largest absolute Gasteiger partial charge is 0.411 e. The number of carbonyl (C=O) groups excluding carboxylic acids is 2. The van der Waals surface area contributed by atoms with Crippen LogP contribution < -0.4 is 4.81 Å². The zero-order valence-corrected chi connectivity index (χ0v) is 21.2. The van der Waals surface area contributed by atoms with Gasteiger partial charge in [0.05, 0.1) is 40.3 Å². The number of nitrogens with zero attached hydrogens (tertiary/aromatic N) is 7. The molecule has 3 aromatic heterocycles. The maximum absolute atomic E-state index is 14.5. The lowest BCUT2D eigenvalue weighted by Crippen LogP contribution is -2.31. The molecule has 0 N–H and O–H groups in total. The van der Waals surface area contributed by atoms with Crippen LogP contribution in [0.3, 0.4) is 0 Å². The fourth-order valence-electron chi connectivity index (χ4n) is 5.24. The van der Waals surface area contributed by atoms with Crippen molar-refractivity contribution >= 4 is 47.7 Å². The van der Waals surface area contributed by atoms with Crippen molar-refractivity contribution in [1.29, 1.82) is 5.26 Å². The molecule has 1 aliphatic rings. The highest BCUT2D eigenvalue weighted by Crippen LogP contribution is 2.36. The van der Waals surface area contributed by atoms with Crippen molar-refractivity contribution in [3.8, 4) is 17.3 Å². The van der Waals surface area contributed by atoms with E-state index in [1.54, 1.807) is 43.7 Å². The first-order valence-corrected chi connectivity index (χ1v) is 12.3. The number of nitriles is 1. The van der Waals surface area contributed by atoms with Crippen LogP contribution in [-0.2, 0) is 13.6 Å². The van der Waals surface area contributed by atoms with E-state index >= 15 is 0 Å². The summed E-state index contributed by atoms with van der Waals surface area (Å²) in [4.78, 5) is 37.7. The predicted octanol–water partition coefficient (Wildman–Crippen LogP) is 3.81. The van der Waals surface area contributed by atoms with Gasteiger partial charge in [-0.05, 0) is 49.9 Å². The van der Waals surface area contributed by atoms with Gasteiger partial charge in [0.15, 0.2) is 0 Å². The summed E-state index contributed by atoms with van der Waals surface area (Å²) in [6, 6.07) is 14.8. The Bertz CT molecular complexity index is 1830. The Morgan fingerprint density at radius 2 is 1.79 bits per heavy atom. The molecule has 0 fully saturated rings. The van der Waals surface area contributed by atoms with Crippen LogP contribution in [0.4, 0.5) is 10.2 Å². The number of carbonyl (C=O) groups is 2. The third kappa shape index (κ3) is 3.84. The van der Waals surface area contributed by atoms with Crippen molar-refractivity contribution in [2.24, 2.45) is 7.05 Å². The van der Waals surface area contributed by atoms with Gasteiger partial charge in [-0.15, -0.1) is 0 Å². The zero-order chi connectivity index (χ0) is 27.4. The Labute approximate surface area is 224 Å². The number of anilines is 1. The molecule has 190 valence electrons. The summed E-state index contributed by atoms with van der Waals surface area (Å²) in [6.07, 6.45) is 2.09. The summed E-state index contributed by atoms with van der Waals surface area (Å²) in [5, 5.41) is 10.2. The van der Waals surface area contributed by atoms with Crippen molar-refractivity contribution < 1.29 is 14.0 Å². The van der Waals surface area contributed by atoms with Gasteiger partial charge in [0.25, 0.3) is 11.8 Å². The highest BCUT2D eigenvalue weighted by molar-refractivity contribution is 6.21. The molecule has 2 radical (unpaired) electrons. The van der Waals surface area contributed by atoms with Gasteiger partial charge in [-0.1, -0.05) is 12.1 Å². The van der Waals surface area contributed by atoms with Gasteiger partial charge in [-0.25, -0.2) is 14.4 Å². The van der Waals surface area contributed by atoms with Gasteiger partial charge in [-0.3, -0.25) is 14.5 Å². The smallest absolute Gasteiger partial charge is 0.261 e. The summed E-state index contributed by atoms with van der Waals surface area (Å²) < 4.78 is 18.3. The molecule has 0 atom stereocenters. The molecule has 0 aliphatic carbocycles. The Hall–Kier alpha value is -4.98. The Kier molecular flexibility index (Phi) is 5.68. The number of imide groups is 1. The van der Waals surface area contributed by atoms with E-state index in [1.807, 2.05) is 28.3 Å². The molecule has 6 rings (SSSR count). The van der Waals surface area contributed by atoms with Gasteiger partial charge in [-0.2, -0.15) is 5.26 Å². The first kappa shape index (κ1) is 24.4. The van der Waals surface area contributed by atoms with Crippen molar-refractivity contribution in [2.45, 2.75) is 13.0 Å². The number of aryl methyl sites for hydroxylation is 2. The topological polar surface area (TPSA) is 100 Å². The third-order valence-electron chi connectivity index (χ3n) is 6.98. The summed E-state index contributed by atoms with van der Waals surface area (Å²) in [5.74, 6) is -0.716. The van der Waals surface area contributed by atoms with Crippen LogP contribution >= 0.6 is 0 Å². The third-order valence-corrected chi connectivity index (χ3v) is 6.98. The average Bonchev–Trinajstić information content (AvgIpc) is 3.56. The van der Waals surface area contributed by atoms with Crippen molar-refractivity contribution in [1.82, 2.24) is 24.0 Å². The van der Waals surface area contributed by atoms with Crippen LogP contribution in [0.25, 0.3) is 33.3 Å². The number of rotatable bonds is 6. The molecule has 39 heavy (non-hydrogen) atoms. The van der Waals surface area contributed by atoms with E-state index in [0.29, 0.717) is 52.3 Å². The number of fused-ring (bicyclic) bond motifs is 4. The minimum Gasteiger partial charge on any atom is -0.411 e. The van der Waals surface area contributed by atoms with Crippen molar-refractivity contribution in [3.05, 3.63) is 77.4 Å². The Morgan fingerprint density at radius 3 is 2.46 bits per heavy atom. The number of aromatic nitrogens is 4. The molecule has 0 bridgehead atoms. The van der Waals surface area contributed by atoms with Crippen LogP contribution in [0.15, 0.2) is 54.9 Å². The standard InChI is InChI=1S/C28H21BFN7O2/c1-34-15-32-23-24(34)21-13-22(17-10-16(14-31)11-18(30)12-17)36(25(21)33-26(23)35(2)29)8-5-9-37-27(38)19-6-3-4-7-20(19)28(37)39/h3-4,6-7,10-13,15H,5,8-9H2,1-2H3. The minimum atomic E-state index is -0.534. The van der Waals surface area contributed by atoms with Crippen molar-refractivity contribution in [3.63, 3.8) is 0 Å². The normalized spacial score (nSPS) is 12.9. The lowest BCUT2D eigenvalue weighted by molar-refractivity contribution is 0.0651. The molecular weight excluding hydrogens is 496 g/mol. The molecule has 11 heteroatoms. The molecule has 1 aliphatic heterocycles. The second-order valence-corrected chi connectivity index (χ2v) is 9.52. The van der Waals surface area contributed by atoms with Gasteiger partial charge >= 0.3 is 0 Å². The molecule has 4 heterocycles. The number of halogens is 1. The predicted molar refractivity (Wildman–Crippen MR) is 145 cm³/mol. The summed E-state index contributed by atoms with van der Waals surface area (Å²) in [7, 11) is 9.64. The van der Waals surface area contributed by atoms with E-state index in [0.717, 1.165) is 10.9 Å². The molecule has 0 unspecified atom stereocenters. The molecule has 2 amide bonds. The highest BCUT2D eigenvalue weighted by Gasteiger charge is 2.34. The zero-order valence-electron chi connectivity index (χ0n) is 21.2. The van der Waals surface area contributed by atoms with Gasteiger partial charge in [0.2, 0.25) is 7.98 Å². The van der Waals surface area contributed by atoms with Crippen molar-refractivity contribution in [2.75, 3.05) is 18.4 Å². The maximum Gasteiger partial charge on any atom is 0.261 e. The maximum atomic E-state index is 14.5. The number of hydrogen-bond donors (Lipinski definition) is 0. The summed E-state index contributed by atoms with van der Waals surface area (Å²) in [5.41, 5.74) is 4.11. The molecule has 0 saturated carbocycles.